The van der Waals surface area contributed by atoms with Crippen LogP contribution in [0.15, 0.2) is 23.3 Å². The maximum atomic E-state index is 10.4. The molecule has 0 aliphatic heterocycles. The third-order valence-electron chi connectivity index (χ3n) is 5.10. The van der Waals surface area contributed by atoms with Gasteiger partial charge >= 0.3 is 0 Å². The molecule has 6 nitrogen and oxygen atoms in total. The molecule has 0 amide bonds. The minimum absolute atomic E-state index is 0.215. The average Bonchev–Trinajstić information content (AvgIpc) is 3.03. The van der Waals surface area contributed by atoms with Crippen molar-refractivity contribution in [3.05, 3.63) is 34.4 Å². The molecule has 1 fully saturated rings. The first-order chi connectivity index (χ1) is 12.6. The van der Waals surface area contributed by atoms with Crippen molar-refractivity contribution in [1.82, 2.24) is 14.9 Å². The van der Waals surface area contributed by atoms with E-state index in [1.54, 1.807) is 17.0 Å². The van der Waals surface area contributed by atoms with E-state index in [9.17, 15) is 5.11 Å². The molecule has 0 bridgehead atoms. The van der Waals surface area contributed by atoms with Crippen molar-refractivity contribution in [2.45, 2.75) is 51.9 Å². The summed E-state index contributed by atoms with van der Waals surface area (Å²) in [6.45, 7) is 6.00. The number of aromatic amines is 1. The normalized spacial score (nSPS) is 15.6. The van der Waals surface area contributed by atoms with Crippen molar-refractivity contribution in [3.8, 4) is 5.75 Å². The van der Waals surface area contributed by atoms with Crippen LogP contribution in [0.1, 0.15) is 63.3 Å². The minimum atomic E-state index is 0.215. The second-order valence-corrected chi connectivity index (χ2v) is 7.08. The second-order valence-electron chi connectivity index (χ2n) is 6.69. The number of rotatable bonds is 6. The van der Waals surface area contributed by atoms with Gasteiger partial charge in [0, 0.05) is 36.3 Å². The number of phenolic OH excluding ortho intramolecular Hbond substituents is 1. The molecule has 0 radical (unpaired) electrons. The summed E-state index contributed by atoms with van der Waals surface area (Å²) in [6.07, 6.45) is 7.64. The van der Waals surface area contributed by atoms with Gasteiger partial charge in [0.25, 0.3) is 0 Å². The lowest BCUT2D eigenvalue weighted by Crippen LogP contribution is -2.21. The molecule has 0 saturated heterocycles. The number of H-pyrrole nitrogens is 1. The van der Waals surface area contributed by atoms with E-state index < -0.39 is 0 Å². The number of nitrogens with zero attached hydrogens (tertiary/aromatic N) is 4. The largest absolute Gasteiger partial charge is 0.507 e. The van der Waals surface area contributed by atoms with Gasteiger partial charge in [0.1, 0.15) is 5.75 Å². The van der Waals surface area contributed by atoms with Gasteiger partial charge in [-0.15, -0.1) is 0 Å². The molecule has 3 rings (SSSR count). The monoisotopic (exact) mass is 373 g/mol. The van der Waals surface area contributed by atoms with Crippen LogP contribution in [-0.2, 0) is 0 Å². The summed E-state index contributed by atoms with van der Waals surface area (Å²) in [4.78, 5) is 2.19. The molecule has 2 aromatic rings. The zero-order chi connectivity index (χ0) is 18.5. The molecule has 2 N–H and O–H groups in total. The molecule has 140 valence electrons. The van der Waals surface area contributed by atoms with Crippen LogP contribution in [0, 0.1) is 4.77 Å². The van der Waals surface area contributed by atoms with Crippen LogP contribution in [0.25, 0.3) is 0 Å². The molecule has 1 aliphatic rings. The van der Waals surface area contributed by atoms with Gasteiger partial charge in [0.2, 0.25) is 4.77 Å². The van der Waals surface area contributed by atoms with Crippen molar-refractivity contribution < 1.29 is 5.11 Å². The fourth-order valence-electron chi connectivity index (χ4n) is 3.59. The zero-order valence-electron chi connectivity index (χ0n) is 15.5. The van der Waals surface area contributed by atoms with E-state index >= 15 is 0 Å². The Morgan fingerprint density at radius 3 is 2.69 bits per heavy atom. The van der Waals surface area contributed by atoms with E-state index in [1.165, 1.54) is 19.3 Å². The van der Waals surface area contributed by atoms with Crippen molar-refractivity contribution in [2.75, 3.05) is 18.0 Å². The summed E-state index contributed by atoms with van der Waals surface area (Å²) in [5, 5.41) is 22.1. The first-order valence-electron chi connectivity index (χ1n) is 9.43. The summed E-state index contributed by atoms with van der Waals surface area (Å²) in [6, 6.07) is 5.67. The number of nitrogens with one attached hydrogen (secondary N) is 1. The van der Waals surface area contributed by atoms with Crippen LogP contribution < -0.4 is 4.90 Å². The molecule has 0 unspecified atom stereocenters. The quantitative estimate of drug-likeness (QED) is 0.581. The summed E-state index contributed by atoms with van der Waals surface area (Å²) in [5.41, 5.74) is 1.67. The summed E-state index contributed by atoms with van der Waals surface area (Å²) in [5.74, 6) is 1.50. The smallest absolute Gasteiger partial charge is 0.216 e. The van der Waals surface area contributed by atoms with Gasteiger partial charge in [-0.3, -0.25) is 5.10 Å². The fourth-order valence-corrected chi connectivity index (χ4v) is 3.77. The van der Waals surface area contributed by atoms with Gasteiger partial charge < -0.3 is 10.0 Å². The fraction of sp³-hybridized carbons (Fsp3) is 0.526. The molecule has 1 heterocycles. The predicted octanol–water partition coefficient (Wildman–Crippen LogP) is 4.42. The first kappa shape index (κ1) is 18.6. The Kier molecular flexibility index (Phi) is 6.08. The highest BCUT2D eigenvalue weighted by molar-refractivity contribution is 7.71. The van der Waals surface area contributed by atoms with Crippen molar-refractivity contribution in [3.63, 3.8) is 0 Å². The van der Waals surface area contributed by atoms with Gasteiger partial charge in [-0.25, -0.2) is 0 Å². The lowest BCUT2D eigenvalue weighted by molar-refractivity contribution is 0.419. The van der Waals surface area contributed by atoms with Crippen LogP contribution in [0.4, 0.5) is 5.69 Å². The van der Waals surface area contributed by atoms with Gasteiger partial charge in [0.15, 0.2) is 5.82 Å². The number of phenols is 1. The molecule has 26 heavy (non-hydrogen) atoms. The third-order valence-corrected chi connectivity index (χ3v) is 5.36. The standard InChI is InChI=1S/C19H27N5OS/c1-3-23(4-2)16-11-10-15(17(25)12-16)13-20-24-18(21-22-19(24)26)14-8-6-5-7-9-14/h10-14,25H,3-9H2,1-2H3,(H,22,26)/b20-13-. The zero-order valence-corrected chi connectivity index (χ0v) is 16.3. The van der Waals surface area contributed by atoms with Gasteiger partial charge in [0.05, 0.1) is 6.21 Å². The Labute approximate surface area is 159 Å². The van der Waals surface area contributed by atoms with Gasteiger partial charge in [-0.2, -0.15) is 14.9 Å². The Morgan fingerprint density at radius 1 is 1.31 bits per heavy atom. The molecule has 0 atom stereocenters. The van der Waals surface area contributed by atoms with Gasteiger partial charge in [-0.05, 0) is 51.0 Å². The Morgan fingerprint density at radius 2 is 2.04 bits per heavy atom. The lowest BCUT2D eigenvalue weighted by atomic mass is 9.89. The van der Waals surface area contributed by atoms with Crippen LogP contribution in [-0.4, -0.2) is 39.3 Å². The summed E-state index contributed by atoms with van der Waals surface area (Å²) < 4.78 is 2.18. The molecular weight excluding hydrogens is 346 g/mol. The van der Waals surface area contributed by atoms with E-state index in [1.807, 2.05) is 12.1 Å². The highest BCUT2D eigenvalue weighted by Gasteiger charge is 2.21. The molecule has 0 spiro atoms. The predicted molar refractivity (Wildman–Crippen MR) is 108 cm³/mol. The van der Waals surface area contributed by atoms with E-state index in [2.05, 4.69) is 34.0 Å². The van der Waals surface area contributed by atoms with Gasteiger partial charge in [-0.1, -0.05) is 19.3 Å². The van der Waals surface area contributed by atoms with E-state index in [4.69, 9.17) is 12.2 Å². The summed E-state index contributed by atoms with van der Waals surface area (Å²) in [7, 11) is 0. The van der Waals surface area contributed by atoms with Crippen molar-refractivity contribution in [1.29, 1.82) is 0 Å². The second kappa shape index (κ2) is 8.49. The maximum absolute atomic E-state index is 10.4. The average molecular weight is 374 g/mol. The Hall–Kier alpha value is -2.15. The SMILES string of the molecule is CCN(CC)c1ccc(/C=N\n2c(C3CCCCC3)n[nH]c2=S)c(O)c1. The number of anilines is 1. The first-order valence-corrected chi connectivity index (χ1v) is 9.84. The maximum Gasteiger partial charge on any atom is 0.216 e. The molecular formula is C19H27N5OS. The molecule has 1 saturated carbocycles. The molecule has 1 aromatic heterocycles. The summed E-state index contributed by atoms with van der Waals surface area (Å²) >= 11 is 5.34. The van der Waals surface area contributed by atoms with Crippen LogP contribution in [0.2, 0.25) is 0 Å². The minimum Gasteiger partial charge on any atom is -0.507 e. The van der Waals surface area contributed by atoms with Crippen molar-refractivity contribution in [2.24, 2.45) is 5.10 Å². The third kappa shape index (κ3) is 3.98. The molecule has 7 heteroatoms. The van der Waals surface area contributed by atoms with E-state index in [0.717, 1.165) is 37.4 Å². The van der Waals surface area contributed by atoms with Crippen LogP contribution in [0.3, 0.4) is 0 Å². The number of benzene rings is 1. The molecule has 1 aliphatic carbocycles. The topological polar surface area (TPSA) is 69.4 Å². The lowest BCUT2D eigenvalue weighted by Gasteiger charge is -2.21. The van der Waals surface area contributed by atoms with Crippen molar-refractivity contribution >= 4 is 24.1 Å². The molecule has 1 aromatic carbocycles. The van der Waals surface area contributed by atoms with E-state index in [-0.39, 0.29) is 5.75 Å². The van der Waals surface area contributed by atoms with Crippen LogP contribution >= 0.6 is 12.2 Å². The number of aromatic nitrogens is 3. The Bertz CT molecular complexity index is 816. The highest BCUT2D eigenvalue weighted by Crippen LogP contribution is 2.31. The van der Waals surface area contributed by atoms with E-state index in [0.29, 0.717) is 16.3 Å². The highest BCUT2D eigenvalue weighted by atomic mass is 32.1. The number of aromatic hydroxyl groups is 1. The van der Waals surface area contributed by atoms with Crippen LogP contribution in [0.5, 0.6) is 5.75 Å². The number of hydrogen-bond acceptors (Lipinski definition) is 5. The Balaban J connectivity index is 1.84. The number of hydrogen-bond donors (Lipinski definition) is 2.